The molecule has 2 aliphatic rings. The van der Waals surface area contributed by atoms with Crippen LogP contribution in [-0.2, 0) is 9.53 Å². The van der Waals surface area contributed by atoms with Gasteiger partial charge in [0.15, 0.2) is 0 Å². The summed E-state index contributed by atoms with van der Waals surface area (Å²) in [6, 6.07) is 5.30. The molecule has 3 rings (SSSR count). The topological polar surface area (TPSA) is 62.3 Å². The molecule has 1 spiro atoms. The Morgan fingerprint density at radius 3 is 2.29 bits per heavy atom. The van der Waals surface area contributed by atoms with Crippen LogP contribution in [0.25, 0.3) is 0 Å². The predicted octanol–water partition coefficient (Wildman–Crippen LogP) is 3.49. The molecule has 0 bridgehead atoms. The first-order valence-electron chi connectivity index (χ1n) is 10.4. The number of alkyl halides is 3. The summed E-state index contributed by atoms with van der Waals surface area (Å²) in [7, 11) is 1.59. The SMILES string of the molecule is CCN(CCOC)C(=O)N1CCC2(CC1)CCN(c1ccc(OC(F)(F)F)cc1)C2=O. The molecule has 0 aromatic heterocycles. The number of piperidine rings is 1. The Labute approximate surface area is 179 Å². The van der Waals surface area contributed by atoms with Crippen LogP contribution in [0.15, 0.2) is 24.3 Å². The maximum atomic E-state index is 13.2. The zero-order chi connectivity index (χ0) is 22.6. The van der Waals surface area contributed by atoms with E-state index in [2.05, 4.69) is 4.74 Å². The van der Waals surface area contributed by atoms with Crippen LogP contribution in [-0.4, -0.2) is 74.5 Å². The number of urea groups is 1. The Morgan fingerprint density at radius 1 is 1.13 bits per heavy atom. The molecule has 172 valence electrons. The fourth-order valence-corrected chi connectivity index (χ4v) is 4.28. The number of rotatable bonds is 6. The number of hydrogen-bond donors (Lipinski definition) is 0. The van der Waals surface area contributed by atoms with Crippen molar-refractivity contribution in [3.8, 4) is 5.75 Å². The summed E-state index contributed by atoms with van der Waals surface area (Å²) in [6.45, 7) is 5.00. The minimum absolute atomic E-state index is 0.0316. The van der Waals surface area contributed by atoms with E-state index in [9.17, 15) is 22.8 Å². The summed E-state index contributed by atoms with van der Waals surface area (Å²) < 4.78 is 46.0. The van der Waals surface area contributed by atoms with E-state index in [1.54, 1.807) is 21.8 Å². The van der Waals surface area contributed by atoms with Gasteiger partial charge in [0, 0.05) is 45.5 Å². The van der Waals surface area contributed by atoms with Crippen molar-refractivity contribution >= 4 is 17.6 Å². The number of benzene rings is 1. The molecule has 0 N–H and O–H groups in total. The number of likely N-dealkylation sites (N-methyl/N-ethyl adjacent to an activating group) is 1. The maximum Gasteiger partial charge on any atom is 0.573 e. The first-order chi connectivity index (χ1) is 14.7. The number of hydrogen-bond acceptors (Lipinski definition) is 4. The van der Waals surface area contributed by atoms with Crippen LogP contribution in [0.1, 0.15) is 26.2 Å². The highest BCUT2D eigenvalue weighted by Crippen LogP contribution is 2.43. The van der Waals surface area contributed by atoms with Gasteiger partial charge in [0.1, 0.15) is 5.75 Å². The van der Waals surface area contributed by atoms with Crippen LogP contribution < -0.4 is 9.64 Å². The molecule has 2 aliphatic heterocycles. The van der Waals surface area contributed by atoms with Crippen molar-refractivity contribution in [1.29, 1.82) is 0 Å². The normalized spacial score (nSPS) is 18.5. The van der Waals surface area contributed by atoms with E-state index in [1.807, 2.05) is 6.92 Å². The van der Waals surface area contributed by atoms with E-state index in [0.29, 0.717) is 64.3 Å². The lowest BCUT2D eigenvalue weighted by atomic mass is 9.77. The first-order valence-corrected chi connectivity index (χ1v) is 10.4. The van der Waals surface area contributed by atoms with E-state index in [1.165, 1.54) is 24.3 Å². The quantitative estimate of drug-likeness (QED) is 0.675. The van der Waals surface area contributed by atoms with Crippen molar-refractivity contribution in [2.24, 2.45) is 5.41 Å². The van der Waals surface area contributed by atoms with Crippen LogP contribution in [0.3, 0.4) is 0 Å². The smallest absolute Gasteiger partial charge is 0.406 e. The highest BCUT2D eigenvalue weighted by atomic mass is 19.4. The number of nitrogens with zero attached hydrogens (tertiary/aromatic N) is 3. The number of likely N-dealkylation sites (tertiary alicyclic amines) is 1. The van der Waals surface area contributed by atoms with E-state index in [4.69, 9.17) is 4.74 Å². The third-order valence-electron chi connectivity index (χ3n) is 6.10. The second-order valence-electron chi connectivity index (χ2n) is 7.87. The molecule has 0 saturated carbocycles. The molecular weight excluding hydrogens is 415 g/mol. The van der Waals surface area contributed by atoms with E-state index in [0.717, 1.165) is 0 Å². The lowest BCUT2D eigenvalue weighted by molar-refractivity contribution is -0.274. The zero-order valence-corrected chi connectivity index (χ0v) is 17.8. The highest BCUT2D eigenvalue weighted by Gasteiger charge is 2.49. The van der Waals surface area contributed by atoms with Crippen LogP contribution >= 0.6 is 0 Å². The number of carbonyl (C=O) groups is 2. The van der Waals surface area contributed by atoms with Gasteiger partial charge in [0.25, 0.3) is 0 Å². The van der Waals surface area contributed by atoms with Gasteiger partial charge in [-0.1, -0.05) is 0 Å². The monoisotopic (exact) mass is 443 g/mol. The van der Waals surface area contributed by atoms with Gasteiger partial charge >= 0.3 is 12.4 Å². The van der Waals surface area contributed by atoms with E-state index >= 15 is 0 Å². The highest BCUT2D eigenvalue weighted by molar-refractivity contribution is 6.00. The Morgan fingerprint density at radius 2 is 1.74 bits per heavy atom. The van der Waals surface area contributed by atoms with Crippen LogP contribution in [0.4, 0.5) is 23.7 Å². The third kappa shape index (κ3) is 5.23. The Bertz CT molecular complexity index is 777. The molecule has 2 fully saturated rings. The fourth-order valence-electron chi connectivity index (χ4n) is 4.28. The fraction of sp³-hybridized carbons (Fsp3) is 0.619. The number of ether oxygens (including phenoxy) is 2. The number of carbonyl (C=O) groups excluding carboxylic acids is 2. The van der Waals surface area contributed by atoms with Crippen molar-refractivity contribution in [2.45, 2.75) is 32.5 Å². The van der Waals surface area contributed by atoms with E-state index < -0.39 is 11.8 Å². The van der Waals surface area contributed by atoms with Crippen LogP contribution in [0.2, 0.25) is 0 Å². The molecule has 0 aliphatic carbocycles. The summed E-state index contributed by atoms with van der Waals surface area (Å²) in [5.74, 6) is -0.353. The van der Waals surface area contributed by atoms with Gasteiger partial charge in [-0.15, -0.1) is 13.2 Å². The average molecular weight is 443 g/mol. The van der Waals surface area contributed by atoms with Gasteiger partial charge in [-0.2, -0.15) is 0 Å². The summed E-state index contributed by atoms with van der Waals surface area (Å²) in [6.07, 6.45) is -2.94. The summed E-state index contributed by atoms with van der Waals surface area (Å²) in [4.78, 5) is 31.1. The van der Waals surface area contributed by atoms with Crippen molar-refractivity contribution in [1.82, 2.24) is 9.80 Å². The predicted molar refractivity (Wildman–Crippen MR) is 108 cm³/mol. The number of halogens is 3. The van der Waals surface area contributed by atoms with Gasteiger partial charge in [0.05, 0.1) is 12.0 Å². The lowest BCUT2D eigenvalue weighted by Gasteiger charge is -2.39. The molecule has 2 saturated heterocycles. The van der Waals surface area contributed by atoms with Crippen LogP contribution in [0.5, 0.6) is 5.75 Å². The summed E-state index contributed by atoms with van der Waals surface area (Å²) >= 11 is 0. The largest absolute Gasteiger partial charge is 0.573 e. The van der Waals surface area contributed by atoms with Gasteiger partial charge < -0.3 is 24.2 Å². The van der Waals surface area contributed by atoms with Gasteiger partial charge in [-0.05, 0) is 50.5 Å². The second kappa shape index (κ2) is 9.33. The molecule has 0 atom stereocenters. The lowest BCUT2D eigenvalue weighted by Crippen LogP contribution is -2.51. The Hall–Kier alpha value is -2.49. The van der Waals surface area contributed by atoms with Gasteiger partial charge in [-0.25, -0.2) is 4.79 Å². The summed E-state index contributed by atoms with van der Waals surface area (Å²) in [5, 5.41) is 0. The molecule has 31 heavy (non-hydrogen) atoms. The third-order valence-corrected chi connectivity index (χ3v) is 6.10. The Kier molecular flexibility index (Phi) is 6.98. The minimum atomic E-state index is -4.75. The molecule has 0 unspecified atom stereocenters. The first kappa shape index (κ1) is 23.2. The number of amides is 3. The molecule has 2 heterocycles. The van der Waals surface area contributed by atoms with Crippen molar-refractivity contribution in [3.05, 3.63) is 24.3 Å². The maximum absolute atomic E-state index is 13.2. The van der Waals surface area contributed by atoms with Crippen molar-refractivity contribution in [3.63, 3.8) is 0 Å². The Balaban J connectivity index is 1.60. The van der Waals surface area contributed by atoms with Crippen molar-refractivity contribution < 1.29 is 32.2 Å². The molecular formula is C21H28F3N3O4. The molecule has 1 aromatic carbocycles. The standard InChI is InChI=1S/C21H28F3N3O4/c1-3-25(14-15-30-2)19(29)26-11-8-20(9-12-26)10-13-27(18(20)28)16-4-6-17(7-5-16)31-21(22,23)24/h4-7H,3,8-15H2,1-2H3. The number of methoxy groups -OCH3 is 1. The zero-order valence-electron chi connectivity index (χ0n) is 17.8. The van der Waals surface area contributed by atoms with Gasteiger partial charge in [-0.3, -0.25) is 4.79 Å². The molecule has 7 nitrogen and oxygen atoms in total. The average Bonchev–Trinajstić information content (AvgIpc) is 3.04. The van der Waals surface area contributed by atoms with Gasteiger partial charge in [0.2, 0.25) is 5.91 Å². The molecule has 0 radical (unpaired) electrons. The molecule has 3 amide bonds. The van der Waals surface area contributed by atoms with Crippen molar-refractivity contribution in [2.75, 3.05) is 51.3 Å². The summed E-state index contributed by atoms with van der Waals surface area (Å²) in [5.41, 5.74) is 0.0215. The molecule has 10 heteroatoms. The van der Waals surface area contributed by atoms with E-state index in [-0.39, 0.29) is 17.7 Å². The van der Waals surface area contributed by atoms with Crippen LogP contribution in [0, 0.1) is 5.41 Å². The number of anilines is 1. The minimum Gasteiger partial charge on any atom is -0.406 e. The molecule has 1 aromatic rings. The second-order valence-corrected chi connectivity index (χ2v) is 7.87.